The van der Waals surface area contributed by atoms with Gasteiger partial charge in [-0.2, -0.15) is 18.2 Å². The van der Waals surface area contributed by atoms with Crippen molar-refractivity contribution >= 4 is 11.9 Å². The molecule has 222 valence electrons. The molecule has 0 spiro atoms. The number of halogens is 3. The Morgan fingerprint density at radius 1 is 0.951 bits per heavy atom. The number of hydrogen-bond acceptors (Lipinski definition) is 5. The average molecular weight is 574 g/mol. The second-order valence-electron chi connectivity index (χ2n) is 10.4. The number of alkyl halides is 3. The maximum absolute atomic E-state index is 13.0. The van der Waals surface area contributed by atoms with Gasteiger partial charge in [-0.1, -0.05) is 81.8 Å². The molecule has 1 amide bonds. The van der Waals surface area contributed by atoms with Crippen molar-refractivity contribution in [1.29, 1.82) is 0 Å². The van der Waals surface area contributed by atoms with Crippen LogP contribution in [-0.2, 0) is 22.3 Å². The molecule has 0 radical (unpaired) electrons. The van der Waals surface area contributed by atoms with Crippen molar-refractivity contribution in [1.82, 2.24) is 15.0 Å². The van der Waals surface area contributed by atoms with Crippen molar-refractivity contribution in [2.75, 3.05) is 0 Å². The number of unbranched alkanes of at least 4 members (excludes halogenated alkanes) is 5. The predicted molar refractivity (Wildman–Crippen MR) is 149 cm³/mol. The first-order chi connectivity index (χ1) is 19.5. The average Bonchev–Trinajstić information content (AvgIpc) is 3.45. The van der Waals surface area contributed by atoms with Gasteiger partial charge in [-0.3, -0.25) is 4.79 Å². The first-order valence-electron chi connectivity index (χ1n) is 14.2. The molecule has 1 N–H and O–H groups in total. The van der Waals surface area contributed by atoms with E-state index in [2.05, 4.69) is 24.0 Å². The molecule has 0 saturated heterocycles. The van der Waals surface area contributed by atoms with Crippen molar-refractivity contribution in [2.45, 2.75) is 96.8 Å². The summed E-state index contributed by atoms with van der Waals surface area (Å²) in [4.78, 5) is 29.8. The Morgan fingerprint density at radius 3 is 2.17 bits per heavy atom. The van der Waals surface area contributed by atoms with Crippen LogP contribution in [0.25, 0.3) is 11.5 Å². The number of carboxylic acids is 1. The molecule has 0 bridgehead atoms. The summed E-state index contributed by atoms with van der Waals surface area (Å²) < 4.78 is 44.4. The second kappa shape index (κ2) is 14.8. The highest BCUT2D eigenvalue weighted by Gasteiger charge is 2.31. The molecule has 0 saturated carbocycles. The number of rotatable bonds is 14. The van der Waals surface area contributed by atoms with Crippen LogP contribution in [0.2, 0.25) is 0 Å². The number of amides is 1. The number of nitrogens with zero attached hydrogens (tertiary/aromatic N) is 3. The Bertz CT molecular complexity index is 1260. The standard InChI is InChI=1S/C31H38F3N3O4/c1-4-6-7-8-9-10-11-23(5-2)27-35-28(41-36-27)25-14-12-22(13-15-25)20-37(29(38)30(39)40)21(3)24-16-18-26(19-17-24)31(32,33)34/h12-19,21,23H,4-11,20H2,1-3H3,(H,39,40)/t21-,23?/m1/s1. The van der Waals surface area contributed by atoms with E-state index in [0.29, 0.717) is 28.4 Å². The fourth-order valence-corrected chi connectivity index (χ4v) is 4.79. The SMILES string of the molecule is CCCCCCCCC(CC)c1noc(-c2ccc(CN(C(=O)C(=O)O)[C@H](C)c3ccc(C(F)(F)F)cc3)cc2)n1. The van der Waals surface area contributed by atoms with Crippen molar-refractivity contribution in [3.63, 3.8) is 0 Å². The van der Waals surface area contributed by atoms with Gasteiger partial charge in [0.1, 0.15) is 0 Å². The molecule has 0 aliphatic carbocycles. The molecular formula is C31H38F3N3O4. The van der Waals surface area contributed by atoms with E-state index in [0.717, 1.165) is 36.3 Å². The van der Waals surface area contributed by atoms with Crippen LogP contribution < -0.4 is 0 Å². The lowest BCUT2D eigenvalue weighted by atomic mass is 9.97. The van der Waals surface area contributed by atoms with E-state index < -0.39 is 29.7 Å². The topological polar surface area (TPSA) is 96.5 Å². The summed E-state index contributed by atoms with van der Waals surface area (Å²) in [6.45, 7) is 5.84. The van der Waals surface area contributed by atoms with Gasteiger partial charge in [0.15, 0.2) is 5.82 Å². The zero-order chi connectivity index (χ0) is 30.0. The van der Waals surface area contributed by atoms with Gasteiger partial charge >= 0.3 is 18.1 Å². The fourth-order valence-electron chi connectivity index (χ4n) is 4.79. The van der Waals surface area contributed by atoms with Crippen LogP contribution in [0.3, 0.4) is 0 Å². The fraction of sp³-hybridized carbons (Fsp3) is 0.484. The monoisotopic (exact) mass is 573 g/mol. The van der Waals surface area contributed by atoms with E-state index in [1.54, 1.807) is 31.2 Å². The van der Waals surface area contributed by atoms with Crippen LogP contribution in [0.1, 0.15) is 107 Å². The Labute approximate surface area is 238 Å². The summed E-state index contributed by atoms with van der Waals surface area (Å²) in [5.41, 5.74) is 0.885. The molecule has 0 fully saturated rings. The van der Waals surface area contributed by atoms with Crippen molar-refractivity contribution in [3.8, 4) is 11.5 Å². The van der Waals surface area contributed by atoms with E-state index in [9.17, 15) is 27.9 Å². The maximum Gasteiger partial charge on any atom is 0.416 e. The molecule has 2 aromatic carbocycles. The van der Waals surface area contributed by atoms with Crippen LogP contribution in [-0.4, -0.2) is 32.0 Å². The summed E-state index contributed by atoms with van der Waals surface area (Å²) in [7, 11) is 0. The lowest BCUT2D eigenvalue weighted by molar-refractivity contribution is -0.157. The number of carbonyl (C=O) groups is 2. The summed E-state index contributed by atoms with van der Waals surface area (Å²) >= 11 is 0. The lowest BCUT2D eigenvalue weighted by Gasteiger charge is -2.28. The molecule has 41 heavy (non-hydrogen) atoms. The van der Waals surface area contributed by atoms with Crippen molar-refractivity contribution < 1.29 is 32.4 Å². The quantitative estimate of drug-likeness (QED) is 0.154. The normalized spacial score (nSPS) is 13.1. The van der Waals surface area contributed by atoms with Crippen LogP contribution >= 0.6 is 0 Å². The van der Waals surface area contributed by atoms with Crippen LogP contribution in [0, 0.1) is 0 Å². The summed E-state index contributed by atoms with van der Waals surface area (Å²) in [6.07, 6.45) is 4.76. The van der Waals surface area contributed by atoms with Crippen LogP contribution in [0.15, 0.2) is 53.1 Å². The molecule has 1 heterocycles. The van der Waals surface area contributed by atoms with Gasteiger partial charge in [0.2, 0.25) is 0 Å². The molecule has 0 aliphatic rings. The molecular weight excluding hydrogens is 535 g/mol. The van der Waals surface area contributed by atoms with E-state index in [1.807, 2.05) is 0 Å². The molecule has 0 aliphatic heterocycles. The Hall–Kier alpha value is -3.69. The number of hydrogen-bond donors (Lipinski definition) is 1. The third-order valence-corrected chi connectivity index (χ3v) is 7.39. The van der Waals surface area contributed by atoms with Crippen molar-refractivity contribution in [3.05, 3.63) is 71.0 Å². The number of aromatic nitrogens is 2. The zero-order valence-corrected chi connectivity index (χ0v) is 23.8. The minimum atomic E-state index is -4.50. The van der Waals surface area contributed by atoms with Crippen LogP contribution in [0.4, 0.5) is 13.2 Å². The minimum absolute atomic E-state index is 0.0567. The predicted octanol–water partition coefficient (Wildman–Crippen LogP) is 8.17. The first-order valence-corrected chi connectivity index (χ1v) is 14.2. The lowest BCUT2D eigenvalue weighted by Crippen LogP contribution is -2.38. The molecule has 2 atom stereocenters. The Balaban J connectivity index is 1.69. The van der Waals surface area contributed by atoms with E-state index in [-0.39, 0.29) is 12.5 Å². The molecule has 3 rings (SSSR count). The molecule has 1 aromatic heterocycles. The smallest absolute Gasteiger partial charge is 0.416 e. The Kier molecular flexibility index (Phi) is 11.5. The zero-order valence-electron chi connectivity index (χ0n) is 23.8. The van der Waals surface area contributed by atoms with Gasteiger partial charge in [-0.25, -0.2) is 4.79 Å². The van der Waals surface area contributed by atoms with E-state index in [4.69, 9.17) is 4.52 Å². The molecule has 3 aromatic rings. The summed E-state index contributed by atoms with van der Waals surface area (Å²) in [5, 5.41) is 13.6. The van der Waals surface area contributed by atoms with Gasteiger partial charge in [-0.15, -0.1) is 0 Å². The molecule has 7 nitrogen and oxygen atoms in total. The largest absolute Gasteiger partial charge is 0.474 e. The highest BCUT2D eigenvalue weighted by atomic mass is 19.4. The first kappa shape index (κ1) is 31.8. The maximum atomic E-state index is 13.0. The number of carboxylic acid groups (broad SMARTS) is 1. The highest BCUT2D eigenvalue weighted by Crippen LogP contribution is 2.32. The van der Waals surface area contributed by atoms with Gasteiger partial charge in [0.05, 0.1) is 11.6 Å². The van der Waals surface area contributed by atoms with Gasteiger partial charge < -0.3 is 14.5 Å². The molecule has 10 heteroatoms. The molecule has 1 unspecified atom stereocenters. The Morgan fingerprint density at radius 2 is 1.59 bits per heavy atom. The van der Waals surface area contributed by atoms with E-state index in [1.165, 1.54) is 44.2 Å². The third-order valence-electron chi connectivity index (χ3n) is 7.39. The van der Waals surface area contributed by atoms with Gasteiger partial charge in [0, 0.05) is 18.0 Å². The van der Waals surface area contributed by atoms with E-state index >= 15 is 0 Å². The summed E-state index contributed by atoms with van der Waals surface area (Å²) in [6, 6.07) is 10.5. The highest BCUT2D eigenvalue weighted by molar-refractivity contribution is 6.31. The van der Waals surface area contributed by atoms with Gasteiger partial charge in [0.25, 0.3) is 5.89 Å². The van der Waals surface area contributed by atoms with Crippen LogP contribution in [0.5, 0.6) is 0 Å². The summed E-state index contributed by atoms with van der Waals surface area (Å²) in [5.74, 6) is -1.52. The second-order valence-corrected chi connectivity index (χ2v) is 10.4. The number of carbonyl (C=O) groups excluding carboxylic acids is 1. The number of benzene rings is 2. The number of aliphatic carboxylic acids is 1. The van der Waals surface area contributed by atoms with Gasteiger partial charge in [-0.05, 0) is 55.2 Å². The van der Waals surface area contributed by atoms with Crippen molar-refractivity contribution in [2.24, 2.45) is 0 Å². The minimum Gasteiger partial charge on any atom is -0.474 e. The third kappa shape index (κ3) is 8.90.